The number of anilines is 1. The molecule has 0 atom stereocenters. The monoisotopic (exact) mass is 435 g/mol. The summed E-state index contributed by atoms with van der Waals surface area (Å²) in [5.74, 6) is 1.08. The second kappa shape index (κ2) is 9.42. The van der Waals surface area contributed by atoms with Gasteiger partial charge in [-0.1, -0.05) is 53.0 Å². The molecule has 0 fully saturated rings. The number of ether oxygens (including phenoxy) is 2. The molecule has 0 aliphatic rings. The maximum atomic E-state index is 6.47. The number of rotatable bonds is 7. The van der Waals surface area contributed by atoms with Crippen LogP contribution in [0.4, 0.5) is 5.69 Å². The van der Waals surface area contributed by atoms with E-state index in [1.165, 1.54) is 0 Å². The van der Waals surface area contributed by atoms with E-state index in [1.54, 1.807) is 7.11 Å². The van der Waals surface area contributed by atoms with Crippen molar-refractivity contribution in [1.82, 2.24) is 0 Å². The molecule has 0 saturated carbocycles. The second-order valence-electron chi connectivity index (χ2n) is 6.29. The van der Waals surface area contributed by atoms with Crippen molar-refractivity contribution in [3.05, 3.63) is 86.4 Å². The van der Waals surface area contributed by atoms with Crippen LogP contribution < -0.4 is 14.8 Å². The maximum Gasteiger partial charge on any atom is 0.180 e. The van der Waals surface area contributed by atoms with Gasteiger partial charge in [0.1, 0.15) is 6.61 Å². The van der Waals surface area contributed by atoms with Crippen LogP contribution in [0.2, 0.25) is 15.1 Å². The molecule has 6 heteroatoms. The van der Waals surface area contributed by atoms with Gasteiger partial charge in [-0.25, -0.2) is 0 Å². The molecule has 0 aromatic heterocycles. The van der Waals surface area contributed by atoms with Crippen LogP contribution in [-0.2, 0) is 13.2 Å². The van der Waals surface area contributed by atoms with Gasteiger partial charge in [0.25, 0.3) is 0 Å². The highest BCUT2D eigenvalue weighted by atomic mass is 35.5. The topological polar surface area (TPSA) is 30.5 Å². The molecule has 0 bridgehead atoms. The van der Waals surface area contributed by atoms with E-state index >= 15 is 0 Å². The van der Waals surface area contributed by atoms with Crippen LogP contribution in [0.15, 0.2) is 54.6 Å². The number of nitrogens with one attached hydrogen (secondary N) is 1. The smallest absolute Gasteiger partial charge is 0.180 e. The lowest BCUT2D eigenvalue weighted by Crippen LogP contribution is -2.03. The lowest BCUT2D eigenvalue weighted by molar-refractivity contribution is 0.284. The van der Waals surface area contributed by atoms with Gasteiger partial charge in [-0.2, -0.15) is 0 Å². The molecule has 0 amide bonds. The van der Waals surface area contributed by atoms with Crippen molar-refractivity contribution in [3.63, 3.8) is 0 Å². The fourth-order valence-electron chi connectivity index (χ4n) is 2.79. The first kappa shape index (κ1) is 20.7. The van der Waals surface area contributed by atoms with E-state index in [9.17, 15) is 0 Å². The normalized spacial score (nSPS) is 10.6. The summed E-state index contributed by atoms with van der Waals surface area (Å²) in [4.78, 5) is 0. The molecule has 0 unspecified atom stereocenters. The average molecular weight is 437 g/mol. The number of hydrogen-bond donors (Lipinski definition) is 1. The molecule has 0 aliphatic heterocycles. The lowest BCUT2D eigenvalue weighted by Gasteiger charge is -2.16. The summed E-state index contributed by atoms with van der Waals surface area (Å²) in [7, 11) is 1.59. The lowest BCUT2D eigenvalue weighted by atomic mass is 10.1. The summed E-state index contributed by atoms with van der Waals surface area (Å²) in [6.07, 6.45) is 0. The first-order chi connectivity index (χ1) is 13.5. The summed E-state index contributed by atoms with van der Waals surface area (Å²) in [5.41, 5.74) is 3.90. The van der Waals surface area contributed by atoms with Crippen molar-refractivity contribution < 1.29 is 9.47 Å². The van der Waals surface area contributed by atoms with Crippen molar-refractivity contribution in [2.75, 3.05) is 12.4 Å². The minimum absolute atomic E-state index is 0.343. The van der Waals surface area contributed by atoms with Crippen molar-refractivity contribution in [1.29, 1.82) is 0 Å². The van der Waals surface area contributed by atoms with E-state index in [0.29, 0.717) is 34.7 Å². The summed E-state index contributed by atoms with van der Waals surface area (Å²) in [6.45, 7) is 2.90. The highest BCUT2D eigenvalue weighted by molar-refractivity contribution is 6.32. The zero-order valence-electron chi connectivity index (χ0n) is 15.6. The van der Waals surface area contributed by atoms with E-state index in [-0.39, 0.29) is 0 Å². The Morgan fingerprint density at radius 1 is 0.893 bits per heavy atom. The molecule has 3 aromatic carbocycles. The largest absolute Gasteiger partial charge is 0.493 e. The molecule has 3 aromatic rings. The van der Waals surface area contributed by atoms with Gasteiger partial charge in [0, 0.05) is 22.3 Å². The number of methoxy groups -OCH3 is 1. The Morgan fingerprint density at radius 3 is 2.43 bits per heavy atom. The molecule has 3 nitrogen and oxygen atoms in total. The molecule has 0 aliphatic carbocycles. The predicted octanol–water partition coefficient (Wildman–Crippen LogP) is 7.15. The van der Waals surface area contributed by atoms with E-state index in [4.69, 9.17) is 44.3 Å². The fourth-order valence-corrected chi connectivity index (χ4v) is 3.47. The Balaban J connectivity index is 1.74. The Labute approximate surface area is 180 Å². The third kappa shape index (κ3) is 5.05. The van der Waals surface area contributed by atoms with Gasteiger partial charge in [0.2, 0.25) is 0 Å². The van der Waals surface area contributed by atoms with Gasteiger partial charge < -0.3 is 14.8 Å². The third-order valence-corrected chi connectivity index (χ3v) is 5.24. The van der Waals surface area contributed by atoms with Gasteiger partial charge in [0.05, 0.1) is 12.1 Å². The quantitative estimate of drug-likeness (QED) is 0.426. The molecule has 28 heavy (non-hydrogen) atoms. The number of benzene rings is 3. The van der Waals surface area contributed by atoms with E-state index in [1.807, 2.05) is 61.5 Å². The third-order valence-electron chi connectivity index (χ3n) is 4.31. The molecule has 0 saturated heterocycles. The van der Waals surface area contributed by atoms with Gasteiger partial charge in [-0.3, -0.25) is 0 Å². The molecule has 146 valence electrons. The highest BCUT2D eigenvalue weighted by Crippen LogP contribution is 2.37. The van der Waals surface area contributed by atoms with Crippen molar-refractivity contribution >= 4 is 40.5 Å². The minimum atomic E-state index is 0.343. The van der Waals surface area contributed by atoms with Gasteiger partial charge in [0.15, 0.2) is 11.5 Å². The molecule has 3 rings (SSSR count). The zero-order valence-corrected chi connectivity index (χ0v) is 17.8. The molecule has 1 N–H and O–H groups in total. The van der Waals surface area contributed by atoms with Crippen LogP contribution >= 0.6 is 34.8 Å². The van der Waals surface area contributed by atoms with Crippen LogP contribution in [0, 0.1) is 6.92 Å². The highest BCUT2D eigenvalue weighted by Gasteiger charge is 2.13. The average Bonchev–Trinajstić information content (AvgIpc) is 2.68. The summed E-state index contributed by atoms with van der Waals surface area (Å²) >= 11 is 18.7. The molecule has 0 radical (unpaired) electrons. The Kier molecular flexibility index (Phi) is 6.95. The summed E-state index contributed by atoms with van der Waals surface area (Å²) in [5, 5.41) is 5.26. The first-order valence-corrected chi connectivity index (χ1v) is 9.84. The summed E-state index contributed by atoms with van der Waals surface area (Å²) in [6, 6.07) is 17.0. The van der Waals surface area contributed by atoms with Gasteiger partial charge in [-0.15, -0.1) is 0 Å². The Bertz CT molecular complexity index is 976. The van der Waals surface area contributed by atoms with E-state index < -0.39 is 0 Å². The Hall–Kier alpha value is -2.07. The van der Waals surface area contributed by atoms with Crippen LogP contribution in [0.25, 0.3) is 0 Å². The summed E-state index contributed by atoms with van der Waals surface area (Å²) < 4.78 is 11.4. The first-order valence-electron chi connectivity index (χ1n) is 8.70. The molecule has 0 heterocycles. The van der Waals surface area contributed by atoms with Crippen molar-refractivity contribution in [3.8, 4) is 11.5 Å². The van der Waals surface area contributed by atoms with Crippen LogP contribution in [0.1, 0.15) is 16.7 Å². The van der Waals surface area contributed by atoms with Crippen LogP contribution in [0.5, 0.6) is 11.5 Å². The molecular weight excluding hydrogens is 417 g/mol. The number of halogens is 3. The molecular formula is C22H20Cl3NO2. The van der Waals surface area contributed by atoms with Crippen LogP contribution in [-0.4, -0.2) is 7.11 Å². The maximum absolute atomic E-state index is 6.47. The van der Waals surface area contributed by atoms with Crippen molar-refractivity contribution in [2.24, 2.45) is 0 Å². The standard InChI is InChI=1S/C22H20Cl3NO2/c1-14-18(24)7-4-8-20(14)26-12-16-10-19(25)22(21(11-16)27-2)28-13-15-5-3-6-17(23)9-15/h3-11,26H,12-13H2,1-2H3. The predicted molar refractivity (Wildman–Crippen MR) is 117 cm³/mol. The van der Waals surface area contributed by atoms with Crippen molar-refractivity contribution in [2.45, 2.75) is 20.1 Å². The van der Waals surface area contributed by atoms with E-state index in [2.05, 4.69) is 5.32 Å². The van der Waals surface area contributed by atoms with Crippen LogP contribution in [0.3, 0.4) is 0 Å². The minimum Gasteiger partial charge on any atom is -0.493 e. The zero-order chi connectivity index (χ0) is 20.1. The SMILES string of the molecule is COc1cc(CNc2cccc(Cl)c2C)cc(Cl)c1OCc1cccc(Cl)c1. The Morgan fingerprint density at radius 2 is 1.68 bits per heavy atom. The van der Waals surface area contributed by atoms with E-state index in [0.717, 1.165) is 27.4 Å². The fraction of sp³-hybridized carbons (Fsp3) is 0.182. The second-order valence-corrected chi connectivity index (χ2v) is 7.54. The molecule has 0 spiro atoms. The van der Waals surface area contributed by atoms with Gasteiger partial charge in [-0.05, 0) is 60.0 Å². The number of hydrogen-bond acceptors (Lipinski definition) is 3. The van der Waals surface area contributed by atoms with Gasteiger partial charge >= 0.3 is 0 Å².